The Hall–Kier alpha value is -3.14. The Bertz CT molecular complexity index is 1150. The van der Waals surface area contributed by atoms with E-state index in [2.05, 4.69) is 33.0 Å². The molecule has 0 spiro atoms. The standard InChI is InChI=1S/C22H17FIN3O3/c23-20-4-2-1-3-15(20)12-27-13-17(11-25-27)26-22(28)21-10-9-19(30-21)14-29-18-7-5-16(24)6-8-18/h1-11,13H,12,14H2,(H,26,28). The summed E-state index contributed by atoms with van der Waals surface area (Å²) in [6, 6.07) is 17.4. The second kappa shape index (κ2) is 9.12. The highest BCUT2D eigenvalue weighted by Gasteiger charge is 2.13. The maximum atomic E-state index is 13.8. The minimum atomic E-state index is -0.402. The summed E-state index contributed by atoms with van der Waals surface area (Å²) in [4.78, 5) is 12.4. The van der Waals surface area contributed by atoms with Crippen molar-refractivity contribution < 1.29 is 18.3 Å². The minimum absolute atomic E-state index is 0.165. The van der Waals surface area contributed by atoms with E-state index >= 15 is 0 Å². The molecule has 1 N–H and O–H groups in total. The third-order valence-electron chi connectivity index (χ3n) is 4.26. The lowest BCUT2D eigenvalue weighted by atomic mass is 10.2. The Morgan fingerprint density at radius 3 is 2.73 bits per heavy atom. The van der Waals surface area contributed by atoms with Crippen LogP contribution in [0.2, 0.25) is 0 Å². The van der Waals surface area contributed by atoms with Crippen LogP contribution >= 0.6 is 22.6 Å². The molecule has 0 fully saturated rings. The largest absolute Gasteiger partial charge is 0.486 e. The number of halogens is 2. The number of furan rings is 1. The van der Waals surface area contributed by atoms with Crippen molar-refractivity contribution in [2.75, 3.05) is 5.32 Å². The molecule has 0 saturated heterocycles. The highest BCUT2D eigenvalue weighted by atomic mass is 127. The zero-order valence-electron chi connectivity index (χ0n) is 15.7. The molecule has 2 aromatic carbocycles. The topological polar surface area (TPSA) is 69.3 Å². The van der Waals surface area contributed by atoms with Gasteiger partial charge >= 0.3 is 0 Å². The van der Waals surface area contributed by atoms with Crippen LogP contribution in [0.4, 0.5) is 10.1 Å². The van der Waals surface area contributed by atoms with Crippen molar-refractivity contribution in [2.45, 2.75) is 13.2 Å². The van der Waals surface area contributed by atoms with E-state index in [1.807, 2.05) is 24.3 Å². The molecule has 0 bridgehead atoms. The molecule has 0 unspecified atom stereocenters. The summed E-state index contributed by atoms with van der Waals surface area (Å²) >= 11 is 2.22. The fourth-order valence-electron chi connectivity index (χ4n) is 2.77. The molecule has 6 nitrogen and oxygen atoms in total. The molecule has 0 atom stereocenters. The van der Waals surface area contributed by atoms with Crippen molar-refractivity contribution in [3.8, 4) is 5.75 Å². The fraction of sp³-hybridized carbons (Fsp3) is 0.0909. The van der Waals surface area contributed by atoms with Crippen LogP contribution in [0.25, 0.3) is 0 Å². The second-order valence-corrected chi connectivity index (χ2v) is 7.73. The van der Waals surface area contributed by atoms with Crippen molar-refractivity contribution >= 4 is 34.2 Å². The Labute approximate surface area is 185 Å². The minimum Gasteiger partial charge on any atom is -0.486 e. The average Bonchev–Trinajstić information content (AvgIpc) is 3.39. The van der Waals surface area contributed by atoms with E-state index in [4.69, 9.17) is 9.15 Å². The predicted octanol–water partition coefficient (Wildman–Crippen LogP) is 5.10. The molecule has 0 aliphatic rings. The highest BCUT2D eigenvalue weighted by molar-refractivity contribution is 14.1. The van der Waals surface area contributed by atoms with Crippen LogP contribution in [0.1, 0.15) is 21.9 Å². The quantitative estimate of drug-likeness (QED) is 0.347. The van der Waals surface area contributed by atoms with E-state index in [-0.39, 0.29) is 24.7 Å². The molecule has 0 radical (unpaired) electrons. The van der Waals surface area contributed by atoms with Crippen LogP contribution in [0.5, 0.6) is 5.75 Å². The Balaban J connectivity index is 1.34. The summed E-state index contributed by atoms with van der Waals surface area (Å²) in [5.74, 6) is 0.724. The molecule has 2 aromatic heterocycles. The van der Waals surface area contributed by atoms with Crippen LogP contribution in [-0.4, -0.2) is 15.7 Å². The van der Waals surface area contributed by atoms with Crippen molar-refractivity contribution in [3.05, 3.63) is 99.5 Å². The molecular weight excluding hydrogens is 500 g/mol. The average molecular weight is 517 g/mol. The fourth-order valence-corrected chi connectivity index (χ4v) is 3.13. The number of rotatable bonds is 7. The van der Waals surface area contributed by atoms with Gasteiger partial charge in [0.25, 0.3) is 5.91 Å². The van der Waals surface area contributed by atoms with Crippen molar-refractivity contribution in [2.24, 2.45) is 0 Å². The maximum absolute atomic E-state index is 13.8. The maximum Gasteiger partial charge on any atom is 0.291 e. The van der Waals surface area contributed by atoms with E-state index in [0.717, 1.165) is 9.32 Å². The number of benzene rings is 2. The summed E-state index contributed by atoms with van der Waals surface area (Å²) < 4.78 is 27.7. The van der Waals surface area contributed by atoms with Gasteiger partial charge < -0.3 is 14.5 Å². The van der Waals surface area contributed by atoms with Gasteiger partial charge in [0.15, 0.2) is 5.76 Å². The smallest absolute Gasteiger partial charge is 0.291 e. The lowest BCUT2D eigenvalue weighted by Gasteiger charge is -2.04. The molecule has 4 rings (SSSR count). The van der Waals surface area contributed by atoms with Gasteiger partial charge in [-0.3, -0.25) is 9.48 Å². The number of carbonyl (C=O) groups is 1. The lowest BCUT2D eigenvalue weighted by Crippen LogP contribution is -2.10. The van der Waals surface area contributed by atoms with Gasteiger partial charge in [0, 0.05) is 15.3 Å². The summed E-state index contributed by atoms with van der Waals surface area (Å²) in [6.45, 7) is 0.484. The number of aromatic nitrogens is 2. The molecule has 4 aromatic rings. The normalized spacial score (nSPS) is 10.7. The predicted molar refractivity (Wildman–Crippen MR) is 118 cm³/mol. The molecule has 0 saturated carbocycles. The monoisotopic (exact) mass is 517 g/mol. The van der Waals surface area contributed by atoms with Gasteiger partial charge in [-0.1, -0.05) is 18.2 Å². The number of hydrogen-bond donors (Lipinski definition) is 1. The highest BCUT2D eigenvalue weighted by Crippen LogP contribution is 2.17. The van der Waals surface area contributed by atoms with Gasteiger partial charge in [0.05, 0.1) is 18.4 Å². The molecule has 0 aliphatic carbocycles. The number of nitrogens with zero attached hydrogens (tertiary/aromatic N) is 2. The lowest BCUT2D eigenvalue weighted by molar-refractivity contribution is 0.0992. The summed E-state index contributed by atoms with van der Waals surface area (Å²) in [5, 5.41) is 6.88. The number of hydrogen-bond acceptors (Lipinski definition) is 4. The van der Waals surface area contributed by atoms with Gasteiger partial charge in [-0.05, 0) is 65.1 Å². The van der Waals surface area contributed by atoms with Crippen molar-refractivity contribution in [1.82, 2.24) is 9.78 Å². The first-order valence-corrected chi connectivity index (χ1v) is 10.2. The second-order valence-electron chi connectivity index (χ2n) is 6.48. The first-order chi connectivity index (χ1) is 14.6. The third kappa shape index (κ3) is 5.07. The zero-order valence-corrected chi connectivity index (χ0v) is 17.9. The zero-order chi connectivity index (χ0) is 20.9. The molecule has 30 heavy (non-hydrogen) atoms. The summed E-state index contributed by atoms with van der Waals surface area (Å²) in [6.07, 6.45) is 3.14. The van der Waals surface area contributed by atoms with Crippen LogP contribution in [0, 0.1) is 9.39 Å². The number of carbonyl (C=O) groups excluding carboxylic acids is 1. The number of ether oxygens (including phenoxy) is 1. The van der Waals surface area contributed by atoms with Gasteiger partial charge in [0.2, 0.25) is 0 Å². The molecule has 8 heteroatoms. The Morgan fingerprint density at radius 1 is 1.13 bits per heavy atom. The van der Waals surface area contributed by atoms with Crippen LogP contribution in [0.15, 0.2) is 77.5 Å². The van der Waals surface area contributed by atoms with Crippen LogP contribution in [-0.2, 0) is 13.2 Å². The van der Waals surface area contributed by atoms with E-state index in [9.17, 15) is 9.18 Å². The number of amides is 1. The van der Waals surface area contributed by atoms with E-state index in [1.54, 1.807) is 41.2 Å². The van der Waals surface area contributed by atoms with Gasteiger partial charge in [0.1, 0.15) is 23.9 Å². The van der Waals surface area contributed by atoms with E-state index in [1.165, 1.54) is 12.3 Å². The van der Waals surface area contributed by atoms with Crippen molar-refractivity contribution in [1.29, 1.82) is 0 Å². The van der Waals surface area contributed by atoms with E-state index < -0.39 is 5.91 Å². The number of anilines is 1. The van der Waals surface area contributed by atoms with Crippen LogP contribution in [0.3, 0.4) is 0 Å². The number of nitrogens with one attached hydrogen (secondary N) is 1. The Kier molecular flexibility index (Phi) is 6.12. The van der Waals surface area contributed by atoms with Gasteiger partial charge in [-0.15, -0.1) is 0 Å². The molecule has 1 amide bonds. The molecule has 152 valence electrons. The summed E-state index contributed by atoms with van der Waals surface area (Å²) in [7, 11) is 0. The SMILES string of the molecule is O=C(Nc1cnn(Cc2ccccc2F)c1)c1ccc(COc2ccc(I)cc2)o1. The molecule has 2 heterocycles. The first-order valence-electron chi connectivity index (χ1n) is 9.11. The summed E-state index contributed by atoms with van der Waals surface area (Å²) in [5.41, 5.74) is 1.01. The molecule has 0 aliphatic heterocycles. The van der Waals surface area contributed by atoms with E-state index in [0.29, 0.717) is 17.0 Å². The Morgan fingerprint density at radius 2 is 1.93 bits per heavy atom. The van der Waals surface area contributed by atoms with Crippen LogP contribution < -0.4 is 10.1 Å². The van der Waals surface area contributed by atoms with Gasteiger partial charge in [-0.2, -0.15) is 5.10 Å². The van der Waals surface area contributed by atoms with Gasteiger partial charge in [-0.25, -0.2) is 4.39 Å². The first kappa shape index (κ1) is 20.1. The molecular formula is C22H17FIN3O3. The third-order valence-corrected chi connectivity index (χ3v) is 4.98. The van der Waals surface area contributed by atoms with Crippen molar-refractivity contribution in [3.63, 3.8) is 0 Å².